The Morgan fingerprint density at radius 3 is 1.50 bits per heavy atom. The number of rotatable bonds is 2. The van der Waals surface area contributed by atoms with Gasteiger partial charge in [0.25, 0.3) is 0 Å². The van der Waals surface area contributed by atoms with Crippen molar-refractivity contribution in [3.63, 3.8) is 0 Å². The Kier molecular flexibility index (Phi) is 3.60. The van der Waals surface area contributed by atoms with E-state index in [2.05, 4.69) is 27.3 Å². The number of halogens is 1. The summed E-state index contributed by atoms with van der Waals surface area (Å²) in [7, 11) is -3.21. The molecule has 0 aromatic rings. The Hall–Kier alpha value is 0.640. The third-order valence-electron chi connectivity index (χ3n) is 1.18. The number of hydrogen-bond acceptors (Lipinski definition) is 2. The summed E-state index contributed by atoms with van der Waals surface area (Å²) in [6, 6.07) is 0. The summed E-state index contributed by atoms with van der Waals surface area (Å²) in [5.74, 6) is 0. The van der Waals surface area contributed by atoms with Crippen molar-refractivity contribution in [1.29, 1.82) is 0 Å². The molecule has 3 nitrogen and oxygen atoms in total. The van der Waals surface area contributed by atoms with Crippen molar-refractivity contribution in [2.24, 2.45) is 0 Å². The smallest absolute Gasteiger partial charge is 0.212 e. The summed E-state index contributed by atoms with van der Waals surface area (Å²) in [6.45, 7) is 8.67. The lowest BCUT2D eigenvalue weighted by atomic mass is 10.3. The van der Waals surface area contributed by atoms with Crippen LogP contribution >= 0.6 is 22.6 Å². The molecular formula is C7H16INO2S. The van der Waals surface area contributed by atoms with Gasteiger partial charge in [-0.3, -0.25) is 0 Å². The number of sulfonamides is 1. The molecule has 0 fully saturated rings. The second kappa shape index (κ2) is 3.42. The molecule has 0 amide bonds. The van der Waals surface area contributed by atoms with E-state index in [0.29, 0.717) is 0 Å². The van der Waals surface area contributed by atoms with Crippen LogP contribution in [0.3, 0.4) is 0 Å². The molecule has 0 saturated carbocycles. The molecule has 5 heteroatoms. The molecule has 1 N–H and O–H groups in total. The highest BCUT2D eigenvalue weighted by molar-refractivity contribution is 14.1. The van der Waals surface area contributed by atoms with Gasteiger partial charge in [0.1, 0.15) is 0 Å². The van der Waals surface area contributed by atoms with Gasteiger partial charge in [-0.2, -0.15) is 4.72 Å². The summed E-state index contributed by atoms with van der Waals surface area (Å²) in [5.41, 5.74) is 0. The van der Waals surface area contributed by atoms with Crippen molar-refractivity contribution in [3.05, 3.63) is 0 Å². The van der Waals surface area contributed by atoms with Crippen molar-refractivity contribution in [2.75, 3.05) is 0 Å². The molecule has 12 heavy (non-hydrogen) atoms. The van der Waals surface area contributed by atoms with Crippen LogP contribution < -0.4 is 4.72 Å². The van der Waals surface area contributed by atoms with Crippen molar-refractivity contribution < 1.29 is 8.42 Å². The maximum Gasteiger partial charge on any atom is 0.217 e. The monoisotopic (exact) mass is 305 g/mol. The highest BCUT2D eigenvalue weighted by Gasteiger charge is 2.32. The lowest BCUT2D eigenvalue weighted by Gasteiger charge is -2.26. The van der Waals surface area contributed by atoms with E-state index in [1.807, 2.05) is 13.8 Å². The van der Waals surface area contributed by atoms with Crippen LogP contribution in [0, 0.1) is 0 Å². The molecule has 0 aromatic heterocycles. The lowest BCUT2D eigenvalue weighted by Crippen LogP contribution is -2.46. The average Bonchev–Trinajstić information content (AvgIpc) is 1.52. The van der Waals surface area contributed by atoms with E-state index in [4.69, 9.17) is 0 Å². The van der Waals surface area contributed by atoms with Crippen molar-refractivity contribution in [3.8, 4) is 0 Å². The van der Waals surface area contributed by atoms with Gasteiger partial charge in [-0.05, 0) is 34.6 Å². The van der Waals surface area contributed by atoms with Gasteiger partial charge in [0.15, 0.2) is 0 Å². The first-order valence-corrected chi connectivity index (χ1v) is 6.24. The molecule has 0 atom stereocenters. The van der Waals surface area contributed by atoms with E-state index in [9.17, 15) is 8.42 Å². The van der Waals surface area contributed by atoms with Crippen LogP contribution in [0.1, 0.15) is 34.6 Å². The first-order chi connectivity index (χ1) is 4.96. The van der Waals surface area contributed by atoms with E-state index in [0.717, 1.165) is 0 Å². The number of nitrogens with one attached hydrogen (secondary N) is 1. The molecule has 0 aliphatic carbocycles. The highest BCUT2D eigenvalue weighted by Crippen LogP contribution is 2.20. The van der Waals surface area contributed by atoms with Crippen LogP contribution in [0.5, 0.6) is 0 Å². The first kappa shape index (κ1) is 12.6. The third kappa shape index (κ3) is 4.04. The van der Waals surface area contributed by atoms with Crippen molar-refractivity contribution in [1.82, 2.24) is 4.72 Å². The Morgan fingerprint density at radius 1 is 1.08 bits per heavy atom. The minimum atomic E-state index is -3.21. The molecule has 0 heterocycles. The van der Waals surface area contributed by atoms with E-state index < -0.39 is 18.3 Å². The molecule has 0 rings (SSSR count). The van der Waals surface area contributed by atoms with Crippen molar-refractivity contribution in [2.45, 2.75) is 42.9 Å². The largest absolute Gasteiger partial charge is 0.217 e. The second-order valence-electron chi connectivity index (χ2n) is 4.19. The number of alkyl halides is 1. The van der Waals surface area contributed by atoms with Gasteiger partial charge < -0.3 is 0 Å². The quantitative estimate of drug-likeness (QED) is 0.481. The Bertz CT molecular complexity index is 246. The van der Waals surface area contributed by atoms with E-state index in [1.54, 1.807) is 20.8 Å². The third-order valence-corrected chi connectivity index (χ3v) is 4.21. The molecular weight excluding hydrogens is 289 g/mol. The lowest BCUT2D eigenvalue weighted by molar-refractivity contribution is 0.531. The molecule has 0 bridgehead atoms. The minimum Gasteiger partial charge on any atom is -0.212 e. The molecule has 0 spiro atoms. The Morgan fingerprint density at radius 2 is 1.42 bits per heavy atom. The van der Waals surface area contributed by atoms with Crippen LogP contribution in [0.25, 0.3) is 0 Å². The van der Waals surface area contributed by atoms with Gasteiger partial charge in [-0.25, -0.2) is 8.42 Å². The molecule has 0 unspecified atom stereocenters. The zero-order valence-electron chi connectivity index (χ0n) is 8.10. The predicted molar refractivity (Wildman–Crippen MR) is 59.9 cm³/mol. The Balaban J connectivity index is 4.70. The van der Waals surface area contributed by atoms with Gasteiger partial charge >= 0.3 is 0 Å². The van der Waals surface area contributed by atoms with Gasteiger partial charge in [0.05, 0.1) is 8.29 Å². The Labute approximate surface area is 88.5 Å². The SMILES string of the molecule is CC(C)(I)NS(=O)(=O)C(C)(C)C. The fourth-order valence-electron chi connectivity index (χ4n) is 0.473. The molecule has 0 aliphatic heterocycles. The zero-order valence-corrected chi connectivity index (χ0v) is 11.1. The average molecular weight is 305 g/mol. The maximum absolute atomic E-state index is 11.6. The molecule has 0 radical (unpaired) electrons. The minimum absolute atomic E-state index is 0.427. The normalized spacial score (nSPS) is 14.8. The topological polar surface area (TPSA) is 46.2 Å². The maximum atomic E-state index is 11.6. The van der Waals surface area contributed by atoms with Crippen LogP contribution in [0.4, 0.5) is 0 Å². The van der Waals surface area contributed by atoms with Crippen LogP contribution in [0.15, 0.2) is 0 Å². The summed E-state index contributed by atoms with van der Waals surface area (Å²) in [5, 5.41) is 0. The van der Waals surface area contributed by atoms with Gasteiger partial charge in [-0.15, -0.1) is 0 Å². The van der Waals surface area contributed by atoms with Gasteiger partial charge in [0, 0.05) is 0 Å². The molecule has 74 valence electrons. The fourth-order valence-corrected chi connectivity index (χ4v) is 2.29. The van der Waals surface area contributed by atoms with E-state index in [1.165, 1.54) is 0 Å². The standard InChI is InChI=1S/C7H16INO2S/c1-6(2,3)12(10,11)9-7(4,5)8/h9H,1-5H3. The zero-order chi connectivity index (χ0) is 10.2. The van der Waals surface area contributed by atoms with Crippen LogP contribution in [0.2, 0.25) is 0 Å². The summed E-state index contributed by atoms with van der Waals surface area (Å²) < 4.78 is 24.5. The summed E-state index contributed by atoms with van der Waals surface area (Å²) in [4.78, 5) is 0. The number of hydrogen-bond donors (Lipinski definition) is 1. The van der Waals surface area contributed by atoms with Crippen LogP contribution in [-0.4, -0.2) is 16.7 Å². The van der Waals surface area contributed by atoms with Crippen molar-refractivity contribution >= 4 is 32.6 Å². The van der Waals surface area contributed by atoms with Gasteiger partial charge in [0.2, 0.25) is 10.0 Å². The molecule has 0 aromatic carbocycles. The van der Waals surface area contributed by atoms with Crippen LogP contribution in [-0.2, 0) is 10.0 Å². The highest BCUT2D eigenvalue weighted by atomic mass is 127. The summed E-state index contributed by atoms with van der Waals surface area (Å²) >= 11 is 2.05. The predicted octanol–water partition coefficient (Wildman–Crippen LogP) is 1.88. The second-order valence-corrected chi connectivity index (χ2v) is 9.32. The first-order valence-electron chi connectivity index (χ1n) is 3.68. The van der Waals surface area contributed by atoms with E-state index in [-0.39, 0.29) is 0 Å². The fraction of sp³-hybridized carbons (Fsp3) is 1.00. The molecule has 0 saturated heterocycles. The van der Waals surface area contributed by atoms with Gasteiger partial charge in [-0.1, -0.05) is 22.6 Å². The van der Waals surface area contributed by atoms with E-state index >= 15 is 0 Å². The molecule has 0 aliphatic rings. The summed E-state index contributed by atoms with van der Waals surface area (Å²) in [6.07, 6.45) is 0.